The van der Waals surface area contributed by atoms with E-state index in [1.165, 1.54) is 7.11 Å². The Hall–Kier alpha value is -1.70. The Morgan fingerprint density at radius 3 is 2.53 bits per heavy atom. The van der Waals surface area contributed by atoms with Gasteiger partial charge < -0.3 is 15.2 Å². The van der Waals surface area contributed by atoms with Gasteiger partial charge in [-0.1, -0.05) is 18.1 Å². The largest absolute Gasteiger partial charge is 0.481 e. The van der Waals surface area contributed by atoms with Gasteiger partial charge in [0.25, 0.3) is 0 Å². The molecule has 0 spiro atoms. The summed E-state index contributed by atoms with van der Waals surface area (Å²) in [6, 6.07) is 6.77. The lowest BCUT2D eigenvalue weighted by Crippen LogP contribution is -2.33. The van der Waals surface area contributed by atoms with Gasteiger partial charge in [0.2, 0.25) is 0 Å². The maximum Gasteiger partial charge on any atom is 0.322 e. The molecule has 0 saturated carbocycles. The molecule has 19 heavy (non-hydrogen) atoms. The summed E-state index contributed by atoms with van der Waals surface area (Å²) in [5.74, 6) is 5.90. The van der Waals surface area contributed by atoms with E-state index >= 15 is 0 Å². The van der Waals surface area contributed by atoms with Crippen LogP contribution in [0.3, 0.4) is 0 Å². The Bertz CT molecular complexity index is 448. The van der Waals surface area contributed by atoms with Gasteiger partial charge in [-0.05, 0) is 31.0 Å². The van der Waals surface area contributed by atoms with Crippen LogP contribution in [0.2, 0.25) is 0 Å². The molecule has 1 aromatic rings. The Morgan fingerprint density at radius 2 is 2.00 bits per heavy atom. The van der Waals surface area contributed by atoms with E-state index in [0.29, 0.717) is 13.0 Å². The predicted octanol–water partition coefficient (Wildman–Crippen LogP) is 1.55. The zero-order valence-electron chi connectivity index (χ0n) is 11.0. The summed E-state index contributed by atoms with van der Waals surface area (Å²) in [5.41, 5.74) is 6.63. The standard InChI is InChI=1S/C14H17NO3.ClH/c1-3-4-9-18-12-7-5-11(6-8-12)10-13(15)14(16)17-2;/h5-8,13H,9-10,15H2,1-2H3;1H/t13-;/m0./s1. The highest BCUT2D eigenvalue weighted by Gasteiger charge is 2.13. The quantitative estimate of drug-likeness (QED) is 0.658. The monoisotopic (exact) mass is 283 g/mol. The van der Waals surface area contributed by atoms with Crippen molar-refractivity contribution in [1.29, 1.82) is 0 Å². The average Bonchev–Trinajstić information content (AvgIpc) is 2.40. The summed E-state index contributed by atoms with van der Waals surface area (Å²) in [6.07, 6.45) is 0.446. The molecule has 1 atom stereocenters. The summed E-state index contributed by atoms with van der Waals surface area (Å²) in [7, 11) is 1.33. The molecule has 0 aliphatic carbocycles. The summed E-state index contributed by atoms with van der Waals surface area (Å²) in [4.78, 5) is 11.2. The number of rotatable bonds is 5. The summed E-state index contributed by atoms with van der Waals surface area (Å²) in [6.45, 7) is 2.14. The zero-order valence-corrected chi connectivity index (χ0v) is 11.8. The minimum absolute atomic E-state index is 0. The molecular formula is C14H18ClNO3. The molecule has 0 bridgehead atoms. The molecule has 1 aromatic carbocycles. The zero-order chi connectivity index (χ0) is 13.4. The number of halogens is 1. The Balaban J connectivity index is 0.00000324. The number of hydrogen-bond acceptors (Lipinski definition) is 4. The SMILES string of the molecule is CC#CCOc1ccc(C[C@H](N)C(=O)OC)cc1.Cl. The summed E-state index contributed by atoms with van der Waals surface area (Å²) in [5, 5.41) is 0. The van der Waals surface area contributed by atoms with Gasteiger partial charge in [0.1, 0.15) is 18.4 Å². The number of ether oxygens (including phenoxy) is 2. The van der Waals surface area contributed by atoms with Gasteiger partial charge in [-0.15, -0.1) is 18.3 Å². The second-order valence-corrected chi connectivity index (χ2v) is 3.69. The number of carbonyl (C=O) groups is 1. The first-order valence-corrected chi connectivity index (χ1v) is 5.62. The van der Waals surface area contributed by atoms with Crippen LogP contribution in [0.1, 0.15) is 12.5 Å². The van der Waals surface area contributed by atoms with E-state index in [0.717, 1.165) is 11.3 Å². The van der Waals surface area contributed by atoms with Gasteiger partial charge in [0.05, 0.1) is 7.11 Å². The normalized spacial score (nSPS) is 10.5. The fraction of sp³-hybridized carbons (Fsp3) is 0.357. The number of methoxy groups -OCH3 is 1. The maximum atomic E-state index is 11.2. The number of benzene rings is 1. The van der Waals surface area contributed by atoms with Crippen LogP contribution in [-0.4, -0.2) is 25.7 Å². The molecule has 0 radical (unpaired) electrons. The van der Waals surface area contributed by atoms with Crippen molar-refractivity contribution < 1.29 is 14.3 Å². The van der Waals surface area contributed by atoms with Crippen molar-refractivity contribution in [3.05, 3.63) is 29.8 Å². The van der Waals surface area contributed by atoms with Gasteiger partial charge in [0, 0.05) is 0 Å². The second-order valence-electron chi connectivity index (χ2n) is 3.69. The molecule has 0 aliphatic heterocycles. The number of carbonyl (C=O) groups excluding carboxylic acids is 1. The van der Waals surface area contributed by atoms with Crippen molar-refractivity contribution in [2.75, 3.05) is 13.7 Å². The van der Waals surface area contributed by atoms with E-state index in [4.69, 9.17) is 10.5 Å². The highest BCUT2D eigenvalue weighted by atomic mass is 35.5. The topological polar surface area (TPSA) is 61.5 Å². The number of hydrogen-bond donors (Lipinski definition) is 1. The molecule has 0 aliphatic rings. The van der Waals surface area contributed by atoms with Gasteiger partial charge in [-0.25, -0.2) is 0 Å². The fourth-order valence-corrected chi connectivity index (χ4v) is 1.40. The summed E-state index contributed by atoms with van der Waals surface area (Å²) >= 11 is 0. The molecular weight excluding hydrogens is 266 g/mol. The van der Waals surface area contributed by atoms with E-state index in [-0.39, 0.29) is 12.4 Å². The number of esters is 1. The van der Waals surface area contributed by atoms with Crippen molar-refractivity contribution in [2.24, 2.45) is 5.73 Å². The highest BCUT2D eigenvalue weighted by Crippen LogP contribution is 2.13. The van der Waals surface area contributed by atoms with Crippen molar-refractivity contribution in [2.45, 2.75) is 19.4 Å². The number of nitrogens with two attached hydrogens (primary N) is 1. The minimum Gasteiger partial charge on any atom is -0.481 e. The van der Waals surface area contributed by atoms with Crippen molar-refractivity contribution >= 4 is 18.4 Å². The Kier molecular flexibility index (Phi) is 8.43. The van der Waals surface area contributed by atoms with Crippen LogP contribution in [0.4, 0.5) is 0 Å². The molecule has 0 amide bonds. The second kappa shape index (κ2) is 9.26. The molecule has 2 N–H and O–H groups in total. The minimum atomic E-state index is -0.632. The van der Waals surface area contributed by atoms with Crippen LogP contribution in [0, 0.1) is 11.8 Å². The third-order valence-electron chi connectivity index (χ3n) is 2.37. The predicted molar refractivity (Wildman–Crippen MR) is 76.3 cm³/mol. The van der Waals surface area contributed by atoms with E-state index in [2.05, 4.69) is 16.6 Å². The first-order chi connectivity index (χ1) is 8.67. The fourth-order valence-electron chi connectivity index (χ4n) is 1.40. The summed E-state index contributed by atoms with van der Waals surface area (Å²) < 4.78 is 9.95. The molecule has 0 aromatic heterocycles. The van der Waals surface area contributed by atoms with Gasteiger partial charge in [-0.3, -0.25) is 4.79 Å². The van der Waals surface area contributed by atoms with Crippen LogP contribution in [0.25, 0.3) is 0 Å². The van der Waals surface area contributed by atoms with Crippen LogP contribution >= 0.6 is 12.4 Å². The van der Waals surface area contributed by atoms with Gasteiger partial charge in [0.15, 0.2) is 0 Å². The van der Waals surface area contributed by atoms with Gasteiger partial charge >= 0.3 is 5.97 Å². The maximum absolute atomic E-state index is 11.2. The van der Waals surface area contributed by atoms with Crippen LogP contribution in [0.5, 0.6) is 5.75 Å². The molecule has 0 heterocycles. The van der Waals surface area contributed by atoms with E-state index in [1.807, 2.05) is 24.3 Å². The van der Waals surface area contributed by atoms with Crippen LogP contribution < -0.4 is 10.5 Å². The lowest BCUT2D eigenvalue weighted by molar-refractivity contribution is -0.142. The molecule has 5 heteroatoms. The Labute approximate surface area is 119 Å². The molecule has 1 rings (SSSR count). The molecule has 0 unspecified atom stereocenters. The lowest BCUT2D eigenvalue weighted by Gasteiger charge is -2.09. The smallest absolute Gasteiger partial charge is 0.322 e. The van der Waals surface area contributed by atoms with Crippen molar-refractivity contribution in [1.82, 2.24) is 0 Å². The first kappa shape index (κ1) is 17.3. The van der Waals surface area contributed by atoms with Crippen LogP contribution in [0.15, 0.2) is 24.3 Å². The molecule has 104 valence electrons. The van der Waals surface area contributed by atoms with E-state index in [1.54, 1.807) is 6.92 Å². The average molecular weight is 284 g/mol. The van der Waals surface area contributed by atoms with Gasteiger partial charge in [-0.2, -0.15) is 0 Å². The highest BCUT2D eigenvalue weighted by molar-refractivity contribution is 5.85. The Morgan fingerprint density at radius 1 is 1.37 bits per heavy atom. The van der Waals surface area contributed by atoms with Crippen molar-refractivity contribution in [3.8, 4) is 17.6 Å². The first-order valence-electron chi connectivity index (χ1n) is 5.62. The molecule has 0 saturated heterocycles. The molecule has 4 nitrogen and oxygen atoms in total. The van der Waals surface area contributed by atoms with Crippen molar-refractivity contribution in [3.63, 3.8) is 0 Å². The van der Waals surface area contributed by atoms with E-state index in [9.17, 15) is 4.79 Å². The van der Waals surface area contributed by atoms with E-state index < -0.39 is 12.0 Å². The third kappa shape index (κ3) is 6.14. The molecule has 0 fully saturated rings. The third-order valence-corrected chi connectivity index (χ3v) is 2.37. The lowest BCUT2D eigenvalue weighted by atomic mass is 10.1. The van der Waals surface area contributed by atoms with Crippen LogP contribution in [-0.2, 0) is 16.0 Å².